The van der Waals surface area contributed by atoms with Gasteiger partial charge in [-0.2, -0.15) is 4.31 Å². The fraction of sp³-hybridized carbons (Fsp3) is 0.364. The molecule has 0 saturated heterocycles. The van der Waals surface area contributed by atoms with E-state index in [2.05, 4.69) is 5.32 Å². The third-order valence-electron chi connectivity index (χ3n) is 4.87. The van der Waals surface area contributed by atoms with Gasteiger partial charge in [0, 0.05) is 25.2 Å². The van der Waals surface area contributed by atoms with Crippen LogP contribution >= 0.6 is 11.6 Å². The van der Waals surface area contributed by atoms with Gasteiger partial charge in [0.25, 0.3) is 0 Å². The molecule has 0 fully saturated rings. The van der Waals surface area contributed by atoms with Gasteiger partial charge in [0.1, 0.15) is 6.04 Å². The Morgan fingerprint density at radius 3 is 2.19 bits per heavy atom. The third-order valence-corrected chi connectivity index (χ3v) is 6.94. The van der Waals surface area contributed by atoms with Gasteiger partial charge in [-0.1, -0.05) is 41.4 Å². The van der Waals surface area contributed by atoms with Crippen LogP contribution in [0.1, 0.15) is 25.0 Å². The Hall–Kier alpha value is -2.42. The lowest BCUT2D eigenvalue weighted by Crippen LogP contribution is -2.50. The normalized spacial score (nSPS) is 12.5. The van der Waals surface area contributed by atoms with Gasteiger partial charge in [0.2, 0.25) is 21.8 Å². The van der Waals surface area contributed by atoms with Crippen LogP contribution in [0.4, 0.5) is 0 Å². The maximum Gasteiger partial charge on any atom is 0.243 e. The van der Waals surface area contributed by atoms with Crippen LogP contribution in [0, 0.1) is 6.92 Å². The van der Waals surface area contributed by atoms with E-state index in [1.165, 1.54) is 24.1 Å². The number of carbonyl (C=O) groups is 2. The fourth-order valence-electron chi connectivity index (χ4n) is 2.95. The van der Waals surface area contributed by atoms with E-state index >= 15 is 0 Å². The molecule has 0 heterocycles. The van der Waals surface area contributed by atoms with E-state index in [-0.39, 0.29) is 17.3 Å². The van der Waals surface area contributed by atoms with Crippen molar-refractivity contribution in [2.24, 2.45) is 0 Å². The standard InChI is InChI=1S/C22H28ClN3O4S/c1-5-24-22(28)17(3)26(14-18-8-10-19(23)11-9-18)21(27)15-25(4)31(29,30)20-12-6-16(2)7-13-20/h6-13,17H,5,14-15H2,1-4H3,(H,24,28)/t17-/m0/s1. The average Bonchev–Trinajstić information content (AvgIpc) is 2.73. The van der Waals surface area contributed by atoms with E-state index in [1.54, 1.807) is 50.2 Å². The van der Waals surface area contributed by atoms with E-state index in [9.17, 15) is 18.0 Å². The zero-order chi connectivity index (χ0) is 23.2. The monoisotopic (exact) mass is 465 g/mol. The Morgan fingerprint density at radius 1 is 1.06 bits per heavy atom. The lowest BCUT2D eigenvalue weighted by atomic mass is 10.1. The number of hydrogen-bond donors (Lipinski definition) is 1. The molecule has 0 bridgehead atoms. The summed E-state index contributed by atoms with van der Waals surface area (Å²) in [5.74, 6) is -0.791. The first-order chi connectivity index (χ1) is 14.6. The molecule has 0 unspecified atom stereocenters. The predicted molar refractivity (Wildman–Crippen MR) is 121 cm³/mol. The van der Waals surface area contributed by atoms with Gasteiger partial charge >= 0.3 is 0 Å². The van der Waals surface area contributed by atoms with E-state index in [4.69, 9.17) is 11.6 Å². The molecule has 168 valence electrons. The van der Waals surface area contributed by atoms with Gasteiger partial charge in [0.05, 0.1) is 11.4 Å². The number of nitrogens with one attached hydrogen (secondary N) is 1. The van der Waals surface area contributed by atoms with Gasteiger partial charge in [-0.25, -0.2) is 8.42 Å². The molecule has 31 heavy (non-hydrogen) atoms. The molecular weight excluding hydrogens is 438 g/mol. The molecule has 0 aliphatic rings. The van der Waals surface area contributed by atoms with Crippen molar-refractivity contribution in [1.82, 2.24) is 14.5 Å². The summed E-state index contributed by atoms with van der Waals surface area (Å²) in [6.45, 7) is 5.44. The molecule has 0 radical (unpaired) electrons. The molecular formula is C22H28ClN3O4S. The van der Waals surface area contributed by atoms with E-state index in [0.29, 0.717) is 11.6 Å². The summed E-state index contributed by atoms with van der Waals surface area (Å²) >= 11 is 5.93. The summed E-state index contributed by atoms with van der Waals surface area (Å²) in [4.78, 5) is 27.0. The highest BCUT2D eigenvalue weighted by Crippen LogP contribution is 2.17. The molecule has 2 aromatic rings. The first kappa shape index (κ1) is 24.8. The smallest absolute Gasteiger partial charge is 0.243 e. The van der Waals surface area contributed by atoms with Crippen LogP contribution in [0.2, 0.25) is 5.02 Å². The number of carbonyl (C=O) groups excluding carboxylic acids is 2. The molecule has 0 saturated carbocycles. The van der Waals surface area contributed by atoms with Crippen LogP contribution in [-0.4, -0.2) is 55.6 Å². The number of amides is 2. The molecule has 9 heteroatoms. The van der Waals surface area contributed by atoms with Crippen molar-refractivity contribution < 1.29 is 18.0 Å². The van der Waals surface area contributed by atoms with Crippen molar-refractivity contribution in [3.8, 4) is 0 Å². The van der Waals surface area contributed by atoms with E-state index in [0.717, 1.165) is 15.4 Å². The minimum atomic E-state index is -3.85. The highest BCUT2D eigenvalue weighted by Gasteiger charge is 2.30. The lowest BCUT2D eigenvalue weighted by Gasteiger charge is -2.30. The second kappa shape index (κ2) is 10.7. The summed E-state index contributed by atoms with van der Waals surface area (Å²) in [7, 11) is -2.50. The number of aryl methyl sites for hydroxylation is 1. The third kappa shape index (κ3) is 6.53. The molecule has 1 N–H and O–H groups in total. The van der Waals surface area contributed by atoms with Crippen molar-refractivity contribution in [2.75, 3.05) is 20.1 Å². The van der Waals surface area contributed by atoms with Crippen LogP contribution in [0.5, 0.6) is 0 Å². The van der Waals surface area contributed by atoms with Crippen LogP contribution < -0.4 is 5.32 Å². The Balaban J connectivity index is 2.25. The molecule has 0 aliphatic heterocycles. The maximum atomic E-state index is 13.1. The van der Waals surface area contributed by atoms with Crippen molar-refractivity contribution in [3.05, 3.63) is 64.7 Å². The zero-order valence-electron chi connectivity index (χ0n) is 18.1. The Labute approximate surface area is 189 Å². The zero-order valence-corrected chi connectivity index (χ0v) is 19.7. The van der Waals surface area contributed by atoms with Crippen molar-refractivity contribution >= 4 is 33.4 Å². The van der Waals surface area contributed by atoms with Gasteiger partial charge in [-0.05, 0) is 50.6 Å². The molecule has 0 aromatic heterocycles. The van der Waals surface area contributed by atoms with Gasteiger partial charge in [-0.3, -0.25) is 9.59 Å². The quantitative estimate of drug-likeness (QED) is 0.617. The van der Waals surface area contributed by atoms with Crippen molar-refractivity contribution in [2.45, 2.75) is 38.3 Å². The van der Waals surface area contributed by atoms with Crippen LogP contribution in [0.15, 0.2) is 53.4 Å². The number of halogens is 1. The molecule has 2 aromatic carbocycles. The number of sulfonamides is 1. The summed E-state index contributed by atoms with van der Waals surface area (Å²) < 4.78 is 26.7. The minimum Gasteiger partial charge on any atom is -0.355 e. The topological polar surface area (TPSA) is 86.8 Å². The number of nitrogens with zero attached hydrogens (tertiary/aromatic N) is 2. The highest BCUT2D eigenvalue weighted by atomic mass is 35.5. The summed E-state index contributed by atoms with van der Waals surface area (Å²) in [6.07, 6.45) is 0. The molecule has 2 rings (SSSR count). The van der Waals surface area contributed by atoms with Gasteiger partial charge < -0.3 is 10.2 Å². The van der Waals surface area contributed by atoms with E-state index < -0.39 is 28.5 Å². The second-order valence-electron chi connectivity index (χ2n) is 7.29. The molecule has 0 aliphatic carbocycles. The summed E-state index contributed by atoms with van der Waals surface area (Å²) in [5, 5.41) is 3.26. The van der Waals surface area contributed by atoms with Crippen LogP contribution in [-0.2, 0) is 26.2 Å². The summed E-state index contributed by atoms with van der Waals surface area (Å²) in [6, 6.07) is 12.6. The van der Waals surface area contributed by atoms with Crippen molar-refractivity contribution in [1.29, 1.82) is 0 Å². The second-order valence-corrected chi connectivity index (χ2v) is 9.77. The van der Waals surface area contributed by atoms with Crippen LogP contribution in [0.3, 0.4) is 0 Å². The van der Waals surface area contributed by atoms with Gasteiger partial charge in [0.15, 0.2) is 0 Å². The molecule has 7 nitrogen and oxygen atoms in total. The summed E-state index contributed by atoms with van der Waals surface area (Å²) in [5.41, 5.74) is 1.71. The lowest BCUT2D eigenvalue weighted by molar-refractivity contribution is -0.140. The first-order valence-corrected chi connectivity index (χ1v) is 11.7. The molecule has 1 atom stereocenters. The maximum absolute atomic E-state index is 13.1. The first-order valence-electron chi connectivity index (χ1n) is 9.91. The molecule has 0 spiro atoms. The minimum absolute atomic E-state index is 0.106. The molecule has 2 amide bonds. The Kier molecular flexibility index (Phi) is 8.61. The highest BCUT2D eigenvalue weighted by molar-refractivity contribution is 7.89. The number of hydrogen-bond acceptors (Lipinski definition) is 4. The number of rotatable bonds is 9. The van der Waals surface area contributed by atoms with Gasteiger partial charge in [-0.15, -0.1) is 0 Å². The average molecular weight is 466 g/mol. The number of likely N-dealkylation sites (N-methyl/N-ethyl adjacent to an activating group) is 2. The van der Waals surface area contributed by atoms with Crippen molar-refractivity contribution in [3.63, 3.8) is 0 Å². The predicted octanol–water partition coefficient (Wildman–Crippen LogP) is 2.82. The SMILES string of the molecule is CCNC(=O)[C@H](C)N(Cc1ccc(Cl)cc1)C(=O)CN(C)S(=O)(=O)c1ccc(C)cc1. The Bertz CT molecular complexity index is 1010. The Morgan fingerprint density at radius 2 is 1.65 bits per heavy atom. The fourth-order valence-corrected chi connectivity index (χ4v) is 4.19. The largest absolute Gasteiger partial charge is 0.355 e. The van der Waals surface area contributed by atoms with E-state index in [1.807, 2.05) is 6.92 Å². The number of benzene rings is 2. The van der Waals surface area contributed by atoms with Crippen LogP contribution in [0.25, 0.3) is 0 Å².